The van der Waals surface area contributed by atoms with Crippen LogP contribution in [0.2, 0.25) is 0 Å². The number of hydrogen-bond donors (Lipinski definition) is 0. The Morgan fingerprint density at radius 3 is 2.71 bits per heavy atom. The summed E-state index contributed by atoms with van der Waals surface area (Å²) >= 11 is 0. The zero-order valence-corrected chi connectivity index (χ0v) is 7.60. The summed E-state index contributed by atoms with van der Waals surface area (Å²) in [6.45, 7) is 0.667. The molecule has 2 aromatic rings. The lowest BCUT2D eigenvalue weighted by Gasteiger charge is -1.96. The first-order chi connectivity index (χ1) is 6.84. The third-order valence-electron chi connectivity index (χ3n) is 1.94. The smallest absolute Gasteiger partial charge is 0.187 e. The summed E-state index contributed by atoms with van der Waals surface area (Å²) in [5, 5.41) is 0. The Labute approximate surface area is 81.7 Å². The van der Waals surface area contributed by atoms with E-state index in [1.807, 2.05) is 23.0 Å². The van der Waals surface area contributed by atoms with Gasteiger partial charge in [0.1, 0.15) is 5.82 Å². The van der Waals surface area contributed by atoms with E-state index in [9.17, 15) is 4.39 Å². The Balaban J connectivity index is 2.19. The van der Waals surface area contributed by atoms with E-state index in [2.05, 4.69) is 4.98 Å². The van der Waals surface area contributed by atoms with Gasteiger partial charge in [-0.25, -0.2) is 4.39 Å². The number of benzene rings is 1. The predicted octanol–water partition coefficient (Wildman–Crippen LogP) is 1.56. The van der Waals surface area contributed by atoms with E-state index < -0.39 is 0 Å². The van der Waals surface area contributed by atoms with Gasteiger partial charge < -0.3 is 0 Å². The van der Waals surface area contributed by atoms with Crippen LogP contribution in [-0.4, -0.2) is 4.98 Å². The molecule has 0 radical (unpaired) electrons. The number of halogens is 1. The minimum Gasteiger partial charge on any atom is -0.252 e. The Hall–Kier alpha value is -1.77. The van der Waals surface area contributed by atoms with Crippen LogP contribution in [0.25, 0.3) is 0 Å². The van der Waals surface area contributed by atoms with Gasteiger partial charge in [0.2, 0.25) is 0 Å². The molecule has 1 aromatic carbocycles. The molecule has 1 aromatic heterocycles. The van der Waals surface area contributed by atoms with Crippen molar-refractivity contribution in [3.05, 3.63) is 60.4 Å². The Kier molecular flexibility index (Phi) is 2.49. The second-order valence-electron chi connectivity index (χ2n) is 3.05. The van der Waals surface area contributed by atoms with Crippen molar-refractivity contribution in [2.24, 2.45) is 0 Å². The molecule has 1 heterocycles. The molecule has 0 bridgehead atoms. The lowest BCUT2D eigenvalue weighted by molar-refractivity contribution is -0.688. The SMILES string of the molecule is Fc1cccc(C[n+]2ccncc2)c1. The van der Waals surface area contributed by atoms with Crippen LogP contribution >= 0.6 is 0 Å². The average Bonchev–Trinajstić information content (AvgIpc) is 2.19. The highest BCUT2D eigenvalue weighted by molar-refractivity contribution is 5.14. The molecular formula is C11H10FN2+. The van der Waals surface area contributed by atoms with Crippen molar-refractivity contribution in [1.29, 1.82) is 0 Å². The molecule has 0 N–H and O–H groups in total. The van der Waals surface area contributed by atoms with Gasteiger partial charge in [0.15, 0.2) is 18.9 Å². The van der Waals surface area contributed by atoms with Gasteiger partial charge in [-0.3, -0.25) is 4.98 Å². The minimum atomic E-state index is -0.197. The first-order valence-corrected chi connectivity index (χ1v) is 4.38. The van der Waals surface area contributed by atoms with Crippen molar-refractivity contribution in [1.82, 2.24) is 4.98 Å². The normalized spacial score (nSPS) is 10.1. The first kappa shape index (κ1) is 8.81. The van der Waals surface area contributed by atoms with E-state index in [0.29, 0.717) is 6.54 Å². The highest BCUT2D eigenvalue weighted by atomic mass is 19.1. The van der Waals surface area contributed by atoms with Gasteiger partial charge in [-0.05, 0) is 12.1 Å². The highest BCUT2D eigenvalue weighted by Gasteiger charge is 2.01. The molecule has 2 nitrogen and oxygen atoms in total. The highest BCUT2D eigenvalue weighted by Crippen LogP contribution is 2.02. The Morgan fingerprint density at radius 2 is 2.00 bits per heavy atom. The largest absolute Gasteiger partial charge is 0.252 e. The zero-order chi connectivity index (χ0) is 9.80. The second-order valence-corrected chi connectivity index (χ2v) is 3.05. The van der Waals surface area contributed by atoms with Gasteiger partial charge in [0.05, 0.1) is 12.4 Å². The number of aromatic nitrogens is 2. The Bertz CT molecular complexity index is 415. The molecule has 0 aliphatic rings. The van der Waals surface area contributed by atoms with Gasteiger partial charge in [0.25, 0.3) is 0 Å². The van der Waals surface area contributed by atoms with Crippen molar-refractivity contribution in [3.8, 4) is 0 Å². The van der Waals surface area contributed by atoms with Crippen LogP contribution in [0.4, 0.5) is 4.39 Å². The number of rotatable bonds is 2. The fourth-order valence-electron chi connectivity index (χ4n) is 1.30. The van der Waals surface area contributed by atoms with Crippen molar-refractivity contribution in [2.45, 2.75) is 6.54 Å². The fourth-order valence-corrected chi connectivity index (χ4v) is 1.30. The van der Waals surface area contributed by atoms with Gasteiger partial charge in [-0.1, -0.05) is 12.1 Å². The maximum atomic E-state index is 12.8. The van der Waals surface area contributed by atoms with Gasteiger partial charge in [-0.2, -0.15) is 4.57 Å². The van der Waals surface area contributed by atoms with Crippen molar-refractivity contribution in [3.63, 3.8) is 0 Å². The van der Waals surface area contributed by atoms with E-state index in [0.717, 1.165) is 5.56 Å². The molecule has 14 heavy (non-hydrogen) atoms. The molecule has 0 fully saturated rings. The van der Waals surface area contributed by atoms with E-state index in [1.54, 1.807) is 18.5 Å². The van der Waals surface area contributed by atoms with Gasteiger partial charge in [-0.15, -0.1) is 0 Å². The van der Waals surface area contributed by atoms with E-state index in [4.69, 9.17) is 0 Å². The molecule has 0 spiro atoms. The first-order valence-electron chi connectivity index (χ1n) is 4.38. The Morgan fingerprint density at radius 1 is 1.21 bits per heavy atom. The summed E-state index contributed by atoms with van der Waals surface area (Å²) in [6.07, 6.45) is 7.12. The van der Waals surface area contributed by atoms with Crippen molar-refractivity contribution >= 4 is 0 Å². The topological polar surface area (TPSA) is 16.8 Å². The van der Waals surface area contributed by atoms with Crippen LogP contribution < -0.4 is 4.57 Å². The second kappa shape index (κ2) is 3.96. The summed E-state index contributed by atoms with van der Waals surface area (Å²) in [4.78, 5) is 3.91. The molecule has 0 aliphatic heterocycles. The van der Waals surface area contributed by atoms with E-state index >= 15 is 0 Å². The lowest BCUT2D eigenvalue weighted by atomic mass is 10.2. The number of nitrogens with zero attached hydrogens (tertiary/aromatic N) is 2. The van der Waals surface area contributed by atoms with Crippen LogP contribution in [0.3, 0.4) is 0 Å². The zero-order valence-electron chi connectivity index (χ0n) is 7.60. The molecule has 70 valence electrons. The van der Waals surface area contributed by atoms with Crippen molar-refractivity contribution < 1.29 is 8.96 Å². The summed E-state index contributed by atoms with van der Waals surface area (Å²) in [5.74, 6) is -0.197. The summed E-state index contributed by atoms with van der Waals surface area (Å²) in [6, 6.07) is 6.59. The maximum absolute atomic E-state index is 12.8. The molecule has 0 saturated heterocycles. The van der Waals surface area contributed by atoms with Crippen molar-refractivity contribution in [2.75, 3.05) is 0 Å². The predicted molar refractivity (Wildman–Crippen MR) is 49.9 cm³/mol. The van der Waals surface area contributed by atoms with E-state index in [1.165, 1.54) is 12.1 Å². The third-order valence-corrected chi connectivity index (χ3v) is 1.94. The molecule has 0 saturated carbocycles. The molecule has 0 unspecified atom stereocenters. The summed E-state index contributed by atoms with van der Waals surface area (Å²) in [5.41, 5.74) is 0.946. The van der Waals surface area contributed by atoms with Crippen LogP contribution in [0.1, 0.15) is 5.56 Å². The summed E-state index contributed by atoms with van der Waals surface area (Å²) in [7, 11) is 0. The molecular weight excluding hydrogens is 179 g/mol. The van der Waals surface area contributed by atoms with Crippen LogP contribution in [0.5, 0.6) is 0 Å². The monoisotopic (exact) mass is 189 g/mol. The standard InChI is InChI=1S/C11H10FN2/c12-11-3-1-2-10(8-11)9-14-6-4-13-5-7-14/h1-8H,9H2/q+1. The van der Waals surface area contributed by atoms with E-state index in [-0.39, 0.29) is 5.82 Å². The minimum absolute atomic E-state index is 0.197. The molecule has 3 heteroatoms. The van der Waals surface area contributed by atoms with Crippen LogP contribution in [0, 0.1) is 5.82 Å². The molecule has 0 amide bonds. The number of hydrogen-bond acceptors (Lipinski definition) is 1. The van der Waals surface area contributed by atoms with Gasteiger partial charge in [0, 0.05) is 5.56 Å². The average molecular weight is 189 g/mol. The molecule has 0 aliphatic carbocycles. The molecule has 2 rings (SSSR count). The fraction of sp³-hybridized carbons (Fsp3) is 0.0909. The lowest BCUT2D eigenvalue weighted by Crippen LogP contribution is -2.33. The quantitative estimate of drug-likeness (QED) is 0.655. The third kappa shape index (κ3) is 2.13. The summed E-state index contributed by atoms with van der Waals surface area (Å²) < 4.78 is 14.8. The van der Waals surface area contributed by atoms with Crippen LogP contribution in [0.15, 0.2) is 49.1 Å². The van der Waals surface area contributed by atoms with Crippen LogP contribution in [-0.2, 0) is 6.54 Å². The molecule has 0 atom stereocenters. The maximum Gasteiger partial charge on any atom is 0.187 e. The van der Waals surface area contributed by atoms with Gasteiger partial charge >= 0.3 is 0 Å².